The molecule has 3 rings (SSSR count). The highest BCUT2D eigenvalue weighted by Crippen LogP contribution is 2.47. The van der Waals surface area contributed by atoms with Crippen molar-refractivity contribution >= 4 is 12.2 Å². The number of aliphatic hydroxyl groups is 1. The molecule has 0 aliphatic rings. The van der Waals surface area contributed by atoms with E-state index < -0.39 is 53.1 Å². The summed E-state index contributed by atoms with van der Waals surface area (Å²) in [4.78, 5) is 3.21. The zero-order valence-electron chi connectivity index (χ0n) is 14.9. The topological polar surface area (TPSA) is 88.8 Å². The number of hydrogen-bond donors (Lipinski definition) is 2. The molecule has 1 aromatic carbocycles. The number of H-pyrrole nitrogens is 1. The predicted octanol–water partition coefficient (Wildman–Crippen LogP) is 3.59. The Morgan fingerprint density at radius 2 is 1.81 bits per heavy atom. The normalized spacial score (nSPS) is 14.3. The minimum Gasteiger partial charge on any atom is -0.404 e. The Morgan fingerprint density at radius 3 is 2.32 bits per heavy atom. The average molecular weight is 469 g/mol. The maximum absolute atomic E-state index is 15.4. The summed E-state index contributed by atoms with van der Waals surface area (Å²) >= 11 is 4.80. The van der Waals surface area contributed by atoms with Gasteiger partial charge < -0.3 is 9.84 Å². The predicted molar refractivity (Wildman–Crippen MR) is 90.3 cm³/mol. The number of hydrogen-bond acceptors (Lipinski definition) is 6. The maximum atomic E-state index is 15.4. The monoisotopic (exact) mass is 469 g/mol. The van der Waals surface area contributed by atoms with Crippen LogP contribution in [0, 0.1) is 16.4 Å². The van der Waals surface area contributed by atoms with Crippen LogP contribution in [0.3, 0.4) is 0 Å². The molecule has 2 N–H and O–H groups in total. The van der Waals surface area contributed by atoms with Crippen LogP contribution in [0.2, 0.25) is 0 Å². The highest BCUT2D eigenvalue weighted by atomic mass is 32.1. The van der Waals surface area contributed by atoms with Crippen LogP contribution < -0.4 is 4.74 Å². The van der Waals surface area contributed by atoms with E-state index >= 15 is 8.78 Å². The summed E-state index contributed by atoms with van der Waals surface area (Å²) in [6, 6.07) is 2.48. The molecule has 3 aromatic rings. The van der Waals surface area contributed by atoms with Gasteiger partial charge in [-0.2, -0.15) is 8.78 Å². The second-order valence-electron chi connectivity index (χ2n) is 6.15. The van der Waals surface area contributed by atoms with Crippen molar-refractivity contribution in [2.24, 2.45) is 0 Å². The summed E-state index contributed by atoms with van der Waals surface area (Å²) in [6.07, 6.45) is -4.74. The van der Waals surface area contributed by atoms with Gasteiger partial charge in [0.25, 0.3) is 0 Å². The van der Waals surface area contributed by atoms with Crippen LogP contribution in [0.1, 0.15) is 11.3 Å². The summed E-state index contributed by atoms with van der Waals surface area (Å²) in [7, 11) is 0. The second-order valence-corrected chi connectivity index (χ2v) is 6.54. The zero-order chi connectivity index (χ0) is 23.0. The minimum atomic E-state index is -5.09. The first kappa shape index (κ1) is 22.6. The molecule has 0 saturated carbocycles. The summed E-state index contributed by atoms with van der Waals surface area (Å²) in [5.41, 5.74) is -5.73. The van der Waals surface area contributed by atoms with E-state index in [2.05, 4.69) is 25.2 Å². The van der Waals surface area contributed by atoms with Gasteiger partial charge >= 0.3 is 12.3 Å². The van der Waals surface area contributed by atoms with E-state index in [0.717, 1.165) is 0 Å². The van der Waals surface area contributed by atoms with Crippen molar-refractivity contribution in [2.45, 2.75) is 24.4 Å². The maximum Gasteiger partial charge on any atom is 0.573 e. The fourth-order valence-electron chi connectivity index (χ4n) is 2.69. The van der Waals surface area contributed by atoms with Crippen LogP contribution in [0.15, 0.2) is 36.5 Å². The van der Waals surface area contributed by atoms with Gasteiger partial charge in [0.15, 0.2) is 5.60 Å². The van der Waals surface area contributed by atoms with Gasteiger partial charge in [-0.05, 0) is 46.9 Å². The van der Waals surface area contributed by atoms with Gasteiger partial charge in [0, 0.05) is 11.6 Å². The zero-order valence-corrected chi connectivity index (χ0v) is 15.7. The van der Waals surface area contributed by atoms with Crippen molar-refractivity contribution < 1.29 is 40.6 Å². The van der Waals surface area contributed by atoms with Crippen LogP contribution in [-0.4, -0.2) is 36.7 Å². The number of halogens is 7. The number of pyridine rings is 1. The van der Waals surface area contributed by atoms with Crippen LogP contribution in [0.25, 0.3) is 0 Å². The Bertz CT molecular complexity index is 1130. The molecule has 0 fully saturated rings. The Kier molecular flexibility index (Phi) is 5.75. The van der Waals surface area contributed by atoms with E-state index in [0.29, 0.717) is 35.1 Å². The molecule has 0 spiro atoms. The van der Waals surface area contributed by atoms with E-state index in [9.17, 15) is 27.1 Å². The second kappa shape index (κ2) is 7.88. The van der Waals surface area contributed by atoms with Gasteiger partial charge in [-0.3, -0.25) is 4.98 Å². The van der Waals surface area contributed by atoms with Crippen LogP contribution in [0.4, 0.5) is 30.7 Å². The van der Waals surface area contributed by atoms with Crippen molar-refractivity contribution in [2.75, 3.05) is 0 Å². The fraction of sp³-hybridized carbons (Fsp3) is 0.250. The highest BCUT2D eigenvalue weighted by Gasteiger charge is 2.58. The van der Waals surface area contributed by atoms with E-state index in [-0.39, 0.29) is 10.8 Å². The number of nitrogens with one attached hydrogen (secondary N) is 1. The molecule has 31 heavy (non-hydrogen) atoms. The van der Waals surface area contributed by atoms with E-state index in [1.807, 2.05) is 0 Å². The molecule has 0 aliphatic heterocycles. The van der Waals surface area contributed by atoms with Crippen molar-refractivity contribution in [3.05, 3.63) is 64.2 Å². The van der Waals surface area contributed by atoms with E-state index in [1.165, 1.54) is 0 Å². The van der Waals surface area contributed by atoms with Crippen molar-refractivity contribution in [1.29, 1.82) is 0 Å². The third-order valence-corrected chi connectivity index (χ3v) is 4.40. The number of ether oxygens (including phenoxy) is 1. The van der Waals surface area contributed by atoms with Gasteiger partial charge in [0.05, 0.1) is 12.7 Å². The number of nitrogens with zero attached hydrogens (tertiary/aromatic N) is 4. The Morgan fingerprint density at radius 1 is 1.10 bits per heavy atom. The number of aromatic nitrogens is 5. The Balaban J connectivity index is 2.11. The van der Waals surface area contributed by atoms with E-state index in [4.69, 9.17) is 12.2 Å². The standard InChI is InChI=1S/C16H10F7N5O2S/c17-8-1-3-10(11(18)5-8)14(29,7-28-13(31)25-26-27-28)15(19,20)12-4-2-9(6-24-12)30-16(21,22)23/h1-6,29H,7H2,(H,25,27,31). The third-order valence-electron chi connectivity index (χ3n) is 4.10. The van der Waals surface area contributed by atoms with Gasteiger partial charge in [-0.25, -0.2) is 18.6 Å². The van der Waals surface area contributed by atoms with Gasteiger partial charge in [-0.15, -0.1) is 13.2 Å². The average Bonchev–Trinajstić information content (AvgIpc) is 3.05. The van der Waals surface area contributed by atoms with Crippen molar-refractivity contribution in [1.82, 2.24) is 25.2 Å². The molecule has 15 heteroatoms. The van der Waals surface area contributed by atoms with Gasteiger partial charge in [0.1, 0.15) is 23.1 Å². The lowest BCUT2D eigenvalue weighted by molar-refractivity contribution is -0.274. The summed E-state index contributed by atoms with van der Waals surface area (Å²) in [5, 5.41) is 19.8. The Labute approximate surface area is 173 Å². The number of alkyl halides is 5. The van der Waals surface area contributed by atoms with Crippen LogP contribution >= 0.6 is 12.2 Å². The van der Waals surface area contributed by atoms with Crippen LogP contribution in [0.5, 0.6) is 5.75 Å². The first-order valence-corrected chi connectivity index (χ1v) is 8.50. The van der Waals surface area contributed by atoms with Crippen molar-refractivity contribution in [3.63, 3.8) is 0 Å². The molecular weight excluding hydrogens is 459 g/mol. The summed E-state index contributed by atoms with van der Waals surface area (Å²) in [5.74, 6) is -7.95. The SMILES string of the molecule is OC(Cn1nn[nH]c1=S)(c1ccc(F)cc1F)C(F)(F)c1ccc(OC(F)(F)F)cn1. The molecule has 0 bridgehead atoms. The van der Waals surface area contributed by atoms with Gasteiger partial charge in [0.2, 0.25) is 4.77 Å². The summed E-state index contributed by atoms with van der Waals surface area (Å²) in [6.45, 7) is -1.17. The molecule has 2 heterocycles. The minimum absolute atomic E-state index is 0.270. The lowest BCUT2D eigenvalue weighted by atomic mass is 9.84. The summed E-state index contributed by atoms with van der Waals surface area (Å²) < 4.78 is 99.2. The highest BCUT2D eigenvalue weighted by molar-refractivity contribution is 7.71. The molecule has 0 amide bonds. The van der Waals surface area contributed by atoms with Gasteiger partial charge in [-0.1, -0.05) is 0 Å². The molecule has 2 aromatic heterocycles. The first-order valence-electron chi connectivity index (χ1n) is 8.10. The third kappa shape index (κ3) is 4.51. The molecule has 0 saturated heterocycles. The first-order chi connectivity index (χ1) is 14.3. The lowest BCUT2D eigenvalue weighted by Gasteiger charge is -2.35. The molecule has 0 aliphatic carbocycles. The van der Waals surface area contributed by atoms with Crippen LogP contribution in [-0.2, 0) is 18.1 Å². The largest absolute Gasteiger partial charge is 0.573 e. The number of benzene rings is 1. The lowest BCUT2D eigenvalue weighted by Crippen LogP contribution is -2.48. The number of rotatable bonds is 6. The molecule has 7 nitrogen and oxygen atoms in total. The van der Waals surface area contributed by atoms with Crippen molar-refractivity contribution in [3.8, 4) is 5.75 Å². The molecule has 166 valence electrons. The Hall–Kier alpha value is -3.07. The molecule has 1 atom stereocenters. The number of tetrazole rings is 1. The van der Waals surface area contributed by atoms with E-state index in [1.54, 1.807) is 0 Å². The molecule has 1 unspecified atom stereocenters. The number of aromatic amines is 1. The molecular formula is C16H10F7N5O2S. The smallest absolute Gasteiger partial charge is 0.404 e. The fourth-order valence-corrected chi connectivity index (χ4v) is 2.83. The quantitative estimate of drug-likeness (QED) is 0.424. The molecule has 0 radical (unpaired) electrons.